The smallest absolute Gasteiger partial charge is 0.200 e. The molecule has 0 unspecified atom stereocenters. The molecule has 0 fully saturated rings. The van der Waals surface area contributed by atoms with Crippen molar-refractivity contribution in [1.82, 2.24) is 0 Å². The predicted octanol–water partition coefficient (Wildman–Crippen LogP) is 6.68. The fourth-order valence-electron chi connectivity index (χ4n) is 3.94. The molecule has 0 aliphatic rings. The van der Waals surface area contributed by atoms with Crippen molar-refractivity contribution in [3.8, 4) is 11.3 Å². The Morgan fingerprint density at radius 2 is 1.52 bits per heavy atom. The van der Waals surface area contributed by atoms with Gasteiger partial charge in [0.05, 0.1) is 10.9 Å². The van der Waals surface area contributed by atoms with E-state index in [1.165, 1.54) is 49.8 Å². The second-order valence-electron chi connectivity index (χ2n) is 9.45. The first-order valence-corrected chi connectivity index (χ1v) is 10.1. The molecule has 27 heavy (non-hydrogen) atoms. The highest BCUT2D eigenvalue weighted by atomic mass is 14.9. The first-order chi connectivity index (χ1) is 12.5. The Kier molecular flexibility index (Phi) is 4.93. The highest BCUT2D eigenvalue weighted by molar-refractivity contribution is 5.96. The SMILES string of the molecule is Cc1cc(C(C)(C)C)cc(-c2c3ccc(C(C)C)cc3c(C)c[n+]2C)c1C. The number of pyridine rings is 1. The summed E-state index contributed by atoms with van der Waals surface area (Å²) in [5.41, 5.74) is 9.68. The first-order valence-electron chi connectivity index (χ1n) is 10.1. The van der Waals surface area contributed by atoms with Gasteiger partial charge in [-0.05, 0) is 71.9 Å². The third-order valence-corrected chi connectivity index (χ3v) is 5.92. The Morgan fingerprint density at radius 1 is 0.852 bits per heavy atom. The van der Waals surface area contributed by atoms with Crippen LogP contribution in [0.2, 0.25) is 0 Å². The van der Waals surface area contributed by atoms with E-state index in [9.17, 15) is 0 Å². The maximum absolute atomic E-state index is 2.41. The molecule has 1 heteroatoms. The van der Waals surface area contributed by atoms with Crippen LogP contribution < -0.4 is 4.57 Å². The van der Waals surface area contributed by atoms with E-state index in [1.54, 1.807) is 0 Å². The summed E-state index contributed by atoms with van der Waals surface area (Å²) >= 11 is 0. The summed E-state index contributed by atoms with van der Waals surface area (Å²) in [5.74, 6) is 0.541. The minimum Gasteiger partial charge on any atom is -0.200 e. The summed E-state index contributed by atoms with van der Waals surface area (Å²) in [5, 5.41) is 2.71. The van der Waals surface area contributed by atoms with E-state index in [4.69, 9.17) is 0 Å². The summed E-state index contributed by atoms with van der Waals surface area (Å²) in [7, 11) is 2.18. The van der Waals surface area contributed by atoms with Gasteiger partial charge in [-0.25, -0.2) is 4.57 Å². The van der Waals surface area contributed by atoms with Crippen molar-refractivity contribution >= 4 is 10.8 Å². The fourth-order valence-corrected chi connectivity index (χ4v) is 3.94. The molecule has 0 spiro atoms. The van der Waals surface area contributed by atoms with Crippen LogP contribution in [0.1, 0.15) is 68.4 Å². The number of aryl methyl sites for hydroxylation is 3. The van der Waals surface area contributed by atoms with Crippen LogP contribution in [0, 0.1) is 20.8 Å². The maximum Gasteiger partial charge on any atom is 0.220 e. The van der Waals surface area contributed by atoms with Gasteiger partial charge in [0.2, 0.25) is 5.69 Å². The van der Waals surface area contributed by atoms with Gasteiger partial charge in [0, 0.05) is 5.56 Å². The van der Waals surface area contributed by atoms with Crippen molar-refractivity contribution < 1.29 is 4.57 Å². The second-order valence-corrected chi connectivity index (χ2v) is 9.45. The summed E-state index contributed by atoms with van der Waals surface area (Å²) in [4.78, 5) is 0. The number of fused-ring (bicyclic) bond motifs is 1. The summed E-state index contributed by atoms with van der Waals surface area (Å²) < 4.78 is 2.31. The molecule has 0 N–H and O–H groups in total. The van der Waals surface area contributed by atoms with Crippen molar-refractivity contribution in [3.05, 3.63) is 64.3 Å². The molecule has 142 valence electrons. The third kappa shape index (κ3) is 3.52. The Hall–Kier alpha value is -2.15. The van der Waals surface area contributed by atoms with Crippen LogP contribution in [-0.2, 0) is 12.5 Å². The average molecular weight is 361 g/mol. The van der Waals surface area contributed by atoms with E-state index in [-0.39, 0.29) is 5.41 Å². The molecule has 0 atom stereocenters. The molecule has 3 rings (SSSR count). The molecule has 1 heterocycles. The van der Waals surface area contributed by atoms with Gasteiger partial charge in [0.25, 0.3) is 0 Å². The molecule has 0 amide bonds. The summed E-state index contributed by atoms with van der Waals surface area (Å²) in [6.07, 6.45) is 2.28. The lowest BCUT2D eigenvalue weighted by atomic mass is 9.82. The quantitative estimate of drug-likeness (QED) is 0.449. The number of hydrogen-bond acceptors (Lipinski definition) is 0. The number of rotatable bonds is 2. The average Bonchev–Trinajstić information content (AvgIpc) is 2.57. The molecular weight excluding hydrogens is 326 g/mol. The molecule has 0 bridgehead atoms. The maximum atomic E-state index is 2.41. The lowest BCUT2D eigenvalue weighted by Gasteiger charge is -2.22. The van der Waals surface area contributed by atoms with Crippen molar-refractivity contribution in [3.63, 3.8) is 0 Å². The van der Waals surface area contributed by atoms with Gasteiger partial charge in [-0.15, -0.1) is 0 Å². The molecular formula is C26H34N+. The Bertz CT molecular complexity index is 1020. The third-order valence-electron chi connectivity index (χ3n) is 5.92. The molecule has 0 aliphatic heterocycles. The molecule has 0 saturated carbocycles. The molecule has 2 aromatic carbocycles. The fraction of sp³-hybridized carbons (Fsp3) is 0.423. The van der Waals surface area contributed by atoms with E-state index in [2.05, 4.69) is 104 Å². The number of hydrogen-bond donors (Lipinski definition) is 0. The molecule has 1 nitrogen and oxygen atoms in total. The van der Waals surface area contributed by atoms with Crippen LogP contribution in [0.25, 0.3) is 22.0 Å². The Labute approximate surface area is 165 Å². The highest BCUT2D eigenvalue weighted by Gasteiger charge is 2.23. The minimum atomic E-state index is 0.136. The van der Waals surface area contributed by atoms with Gasteiger partial charge in [-0.2, -0.15) is 0 Å². The van der Waals surface area contributed by atoms with E-state index in [0.29, 0.717) is 5.92 Å². The topological polar surface area (TPSA) is 3.88 Å². The van der Waals surface area contributed by atoms with E-state index in [1.807, 2.05) is 0 Å². The largest absolute Gasteiger partial charge is 0.220 e. The van der Waals surface area contributed by atoms with Crippen LogP contribution in [0.3, 0.4) is 0 Å². The van der Waals surface area contributed by atoms with Gasteiger partial charge < -0.3 is 0 Å². The molecule has 1 aromatic heterocycles. The van der Waals surface area contributed by atoms with Gasteiger partial charge in [0.15, 0.2) is 6.20 Å². The predicted molar refractivity (Wildman–Crippen MR) is 118 cm³/mol. The zero-order valence-electron chi connectivity index (χ0n) is 18.5. The standard InChI is InChI=1S/C26H34N/c1-16(2)20-10-11-22-23(13-20)18(4)15-27(9)25(22)24-14-21(26(6,7)8)12-17(3)19(24)5/h10-16H,1-9H3/q+1. The van der Waals surface area contributed by atoms with Crippen molar-refractivity contribution in [2.45, 2.75) is 66.7 Å². The van der Waals surface area contributed by atoms with Crippen LogP contribution in [0.15, 0.2) is 36.5 Å². The zero-order chi connectivity index (χ0) is 20.1. The van der Waals surface area contributed by atoms with Gasteiger partial charge in [-0.3, -0.25) is 0 Å². The van der Waals surface area contributed by atoms with Crippen molar-refractivity contribution in [2.75, 3.05) is 0 Å². The van der Waals surface area contributed by atoms with Gasteiger partial charge in [0.1, 0.15) is 7.05 Å². The minimum absolute atomic E-state index is 0.136. The molecule has 0 radical (unpaired) electrons. The van der Waals surface area contributed by atoms with Gasteiger partial charge >= 0.3 is 0 Å². The van der Waals surface area contributed by atoms with E-state index < -0.39 is 0 Å². The lowest BCUT2D eigenvalue weighted by molar-refractivity contribution is -0.659. The molecule has 0 saturated heterocycles. The van der Waals surface area contributed by atoms with Crippen molar-refractivity contribution in [1.29, 1.82) is 0 Å². The number of nitrogens with zero attached hydrogens (tertiary/aromatic N) is 1. The summed E-state index contributed by atoms with van der Waals surface area (Å²) in [6, 6.07) is 11.8. The number of aromatic nitrogens is 1. The highest BCUT2D eigenvalue weighted by Crippen LogP contribution is 2.35. The van der Waals surface area contributed by atoms with Crippen LogP contribution in [0.5, 0.6) is 0 Å². The second kappa shape index (κ2) is 6.78. The monoisotopic (exact) mass is 360 g/mol. The van der Waals surface area contributed by atoms with Crippen LogP contribution in [0.4, 0.5) is 0 Å². The zero-order valence-corrected chi connectivity index (χ0v) is 18.5. The number of benzene rings is 2. The molecule has 3 aromatic rings. The van der Waals surface area contributed by atoms with E-state index >= 15 is 0 Å². The molecule has 0 aliphatic carbocycles. The Balaban J connectivity index is 2.40. The normalized spacial score (nSPS) is 12.2. The summed E-state index contributed by atoms with van der Waals surface area (Å²) in [6.45, 7) is 18.1. The van der Waals surface area contributed by atoms with Crippen LogP contribution >= 0.6 is 0 Å². The van der Waals surface area contributed by atoms with E-state index in [0.717, 1.165) is 0 Å². The van der Waals surface area contributed by atoms with Crippen molar-refractivity contribution in [2.24, 2.45) is 7.05 Å². The first kappa shape index (κ1) is 19.6. The van der Waals surface area contributed by atoms with Gasteiger partial charge in [-0.1, -0.05) is 52.8 Å². The lowest BCUT2D eigenvalue weighted by Crippen LogP contribution is -2.32. The Morgan fingerprint density at radius 3 is 2.11 bits per heavy atom. The van der Waals surface area contributed by atoms with Crippen LogP contribution in [-0.4, -0.2) is 0 Å².